The van der Waals surface area contributed by atoms with Gasteiger partial charge < -0.3 is 23.6 Å². The molecule has 0 bridgehead atoms. The van der Waals surface area contributed by atoms with E-state index in [4.69, 9.17) is 18.3 Å². The first kappa shape index (κ1) is 40.6. The monoisotopic (exact) mass is 752 g/mol. The van der Waals surface area contributed by atoms with Gasteiger partial charge in [0.2, 0.25) is 0 Å². The van der Waals surface area contributed by atoms with Gasteiger partial charge in [-0.25, -0.2) is 19.4 Å². The number of ether oxygens (including phenoxy) is 2. The zero-order valence-electron chi connectivity index (χ0n) is 31.9. The number of nitrogens with one attached hydrogen (secondary N) is 3. The van der Waals surface area contributed by atoms with E-state index in [0.29, 0.717) is 22.6 Å². The standard InChI is InChI=1S/C33H56N6O10Si2/c1-19-16-37(30(43)35-27(19)40)25-13-21(24(48-25)18-46-50(9,10)32(3,4)5)39(45)29(42)34-15-23-22(49-51(11,12)33(6,7)8)14-26(47-23)38-17-20(2)28(41)36-31(38)44/h16-17,21-26,45H,13-15,18H2,1-12H3,(H,34,42)(H,35,40,43)(H,36,41,44). The first-order chi connectivity index (χ1) is 23.3. The van der Waals surface area contributed by atoms with Crippen LogP contribution in [0.5, 0.6) is 0 Å². The molecule has 2 aromatic heterocycles. The summed E-state index contributed by atoms with van der Waals surface area (Å²) in [5.41, 5.74) is -1.64. The van der Waals surface area contributed by atoms with Crippen LogP contribution in [0.2, 0.25) is 36.3 Å². The zero-order valence-corrected chi connectivity index (χ0v) is 33.9. The fourth-order valence-electron chi connectivity index (χ4n) is 5.55. The molecule has 2 aliphatic heterocycles. The van der Waals surface area contributed by atoms with Crippen LogP contribution < -0.4 is 27.8 Å². The third kappa shape index (κ3) is 8.91. The summed E-state index contributed by atoms with van der Waals surface area (Å²) < 4.78 is 28.3. The van der Waals surface area contributed by atoms with E-state index in [9.17, 15) is 29.2 Å². The Morgan fingerprint density at radius 1 is 0.863 bits per heavy atom. The van der Waals surface area contributed by atoms with E-state index in [1.807, 2.05) is 0 Å². The lowest BCUT2D eigenvalue weighted by molar-refractivity contribution is -0.108. The van der Waals surface area contributed by atoms with Crippen LogP contribution in [0.25, 0.3) is 0 Å². The number of urea groups is 1. The first-order valence-corrected chi connectivity index (χ1v) is 23.2. The summed E-state index contributed by atoms with van der Waals surface area (Å²) >= 11 is 0. The summed E-state index contributed by atoms with van der Waals surface area (Å²) in [6, 6.07) is -1.75. The van der Waals surface area contributed by atoms with E-state index in [2.05, 4.69) is 83.0 Å². The van der Waals surface area contributed by atoms with Gasteiger partial charge in [-0.15, -0.1) is 0 Å². The Labute approximate surface area is 299 Å². The van der Waals surface area contributed by atoms with Crippen LogP contribution in [0, 0.1) is 13.8 Å². The average molecular weight is 753 g/mol. The highest BCUT2D eigenvalue weighted by molar-refractivity contribution is 6.74. The predicted octanol–water partition coefficient (Wildman–Crippen LogP) is 3.46. The summed E-state index contributed by atoms with van der Waals surface area (Å²) in [5.74, 6) is 0. The number of aromatic nitrogens is 4. The number of amides is 2. The third-order valence-electron chi connectivity index (χ3n) is 10.9. The Bertz CT molecular complexity index is 1820. The summed E-state index contributed by atoms with van der Waals surface area (Å²) in [4.78, 5) is 67.8. The molecule has 2 fully saturated rings. The van der Waals surface area contributed by atoms with Crippen molar-refractivity contribution < 1.29 is 28.3 Å². The van der Waals surface area contributed by atoms with Gasteiger partial charge in [0.15, 0.2) is 16.6 Å². The quantitative estimate of drug-likeness (QED) is 0.158. The minimum absolute atomic E-state index is 0.0361. The fraction of sp³-hybridized carbons (Fsp3) is 0.727. The van der Waals surface area contributed by atoms with Crippen molar-refractivity contribution in [1.82, 2.24) is 29.5 Å². The van der Waals surface area contributed by atoms with E-state index >= 15 is 0 Å². The van der Waals surface area contributed by atoms with Gasteiger partial charge in [-0.05, 0) is 50.1 Å². The number of aromatic amines is 2. The van der Waals surface area contributed by atoms with Gasteiger partial charge in [0, 0.05) is 42.9 Å². The SMILES string of the molecule is Cc1cn(C2CC(O[Si](C)(C)C(C)(C)C)C(CNC(=O)N(O)C3CC(n4cc(C)c(=O)[nH]c4=O)OC3CO[Si](C)(C)C(C)(C)C)O2)c(=O)[nH]c1=O. The second kappa shape index (κ2) is 14.7. The number of carbonyl (C=O) groups is 1. The molecule has 51 heavy (non-hydrogen) atoms. The number of hydrogen-bond donors (Lipinski definition) is 4. The molecule has 6 unspecified atom stereocenters. The third-order valence-corrected chi connectivity index (χ3v) is 19.9. The highest BCUT2D eigenvalue weighted by Gasteiger charge is 2.47. The minimum atomic E-state index is -2.35. The number of rotatable bonds is 10. The molecule has 0 aliphatic carbocycles. The Hall–Kier alpha value is -3.14. The average Bonchev–Trinajstić information content (AvgIpc) is 3.60. The highest BCUT2D eigenvalue weighted by Crippen LogP contribution is 2.41. The van der Waals surface area contributed by atoms with Crippen LogP contribution in [0.15, 0.2) is 31.6 Å². The second-order valence-corrected chi connectivity index (χ2v) is 26.3. The van der Waals surface area contributed by atoms with Crippen molar-refractivity contribution in [2.45, 2.75) is 141 Å². The zero-order chi connectivity index (χ0) is 38.4. The molecule has 4 N–H and O–H groups in total. The van der Waals surface area contributed by atoms with E-state index in [-0.39, 0.29) is 29.6 Å². The molecule has 0 aromatic carbocycles. The normalized spacial score (nSPS) is 24.6. The molecule has 2 aliphatic rings. The second-order valence-electron chi connectivity index (χ2n) is 16.8. The molecular weight excluding hydrogens is 697 g/mol. The smallest absolute Gasteiger partial charge is 0.341 e. The van der Waals surface area contributed by atoms with Crippen LogP contribution >= 0.6 is 0 Å². The molecule has 16 nitrogen and oxygen atoms in total. The maximum Gasteiger partial charge on any atom is 0.341 e. The lowest BCUT2D eigenvalue weighted by Gasteiger charge is -2.39. The summed E-state index contributed by atoms with van der Waals surface area (Å²) in [5, 5.41) is 14.4. The van der Waals surface area contributed by atoms with Gasteiger partial charge in [0.25, 0.3) is 11.1 Å². The van der Waals surface area contributed by atoms with Gasteiger partial charge in [-0.3, -0.25) is 33.9 Å². The number of hydrogen-bond acceptors (Lipinski definition) is 10. The van der Waals surface area contributed by atoms with Gasteiger partial charge in [-0.1, -0.05) is 41.5 Å². The van der Waals surface area contributed by atoms with E-state index in [1.54, 1.807) is 13.8 Å². The van der Waals surface area contributed by atoms with Crippen molar-refractivity contribution in [3.8, 4) is 0 Å². The first-order valence-electron chi connectivity index (χ1n) is 17.4. The molecule has 6 atom stereocenters. The van der Waals surface area contributed by atoms with Crippen molar-refractivity contribution in [2.24, 2.45) is 0 Å². The molecule has 2 saturated heterocycles. The largest absolute Gasteiger partial charge is 0.414 e. The van der Waals surface area contributed by atoms with Gasteiger partial charge in [0.1, 0.15) is 24.7 Å². The summed E-state index contributed by atoms with van der Waals surface area (Å²) in [6.07, 6.45) is -0.513. The number of carbonyl (C=O) groups excluding carboxylic acids is 1. The molecule has 18 heteroatoms. The molecule has 2 amide bonds. The van der Waals surface area contributed by atoms with E-state index in [0.717, 1.165) is 0 Å². The number of aryl methyl sites for hydroxylation is 2. The fourth-order valence-corrected chi connectivity index (χ4v) is 7.93. The van der Waals surface area contributed by atoms with Crippen molar-refractivity contribution in [3.05, 3.63) is 65.2 Å². The molecule has 0 saturated carbocycles. The van der Waals surface area contributed by atoms with Crippen LogP contribution in [0.4, 0.5) is 4.79 Å². The Kier molecular flexibility index (Phi) is 11.7. The highest BCUT2D eigenvalue weighted by atomic mass is 28.4. The van der Waals surface area contributed by atoms with Crippen LogP contribution in [0.1, 0.15) is 78.0 Å². The van der Waals surface area contributed by atoms with Crippen LogP contribution in [0.3, 0.4) is 0 Å². The van der Waals surface area contributed by atoms with Gasteiger partial charge >= 0.3 is 17.4 Å². The summed E-state index contributed by atoms with van der Waals surface area (Å²) in [7, 11) is -4.63. The Morgan fingerprint density at radius 3 is 1.82 bits per heavy atom. The van der Waals surface area contributed by atoms with Gasteiger partial charge in [-0.2, -0.15) is 0 Å². The molecule has 0 spiro atoms. The van der Waals surface area contributed by atoms with Crippen LogP contribution in [-0.2, 0) is 18.3 Å². The Morgan fingerprint density at radius 2 is 1.33 bits per heavy atom. The maximum absolute atomic E-state index is 13.6. The molecular formula is C33H56N6O10Si2. The van der Waals surface area contributed by atoms with Crippen molar-refractivity contribution in [3.63, 3.8) is 0 Å². The molecule has 0 radical (unpaired) electrons. The minimum Gasteiger partial charge on any atom is -0.414 e. The van der Waals surface area contributed by atoms with Crippen LogP contribution in [-0.4, -0.2) is 89.5 Å². The maximum atomic E-state index is 13.6. The Balaban J connectivity index is 1.56. The topological polar surface area (TPSA) is 199 Å². The van der Waals surface area contributed by atoms with Gasteiger partial charge in [0.05, 0.1) is 18.8 Å². The number of H-pyrrole nitrogens is 2. The lowest BCUT2D eigenvalue weighted by atomic mass is 10.1. The molecule has 4 heterocycles. The van der Waals surface area contributed by atoms with Crippen molar-refractivity contribution in [2.75, 3.05) is 13.2 Å². The molecule has 286 valence electrons. The van der Waals surface area contributed by atoms with Crippen molar-refractivity contribution >= 4 is 22.7 Å². The van der Waals surface area contributed by atoms with Crippen molar-refractivity contribution in [1.29, 1.82) is 0 Å². The summed E-state index contributed by atoms with van der Waals surface area (Å²) in [6.45, 7) is 24.1. The predicted molar refractivity (Wildman–Crippen MR) is 195 cm³/mol. The lowest BCUT2D eigenvalue weighted by Crippen LogP contribution is -2.52. The van der Waals surface area contributed by atoms with E-state index in [1.165, 1.54) is 21.5 Å². The molecule has 2 aromatic rings. The number of hydroxylamine groups is 2. The number of nitrogens with zero attached hydrogens (tertiary/aromatic N) is 3. The molecule has 4 rings (SSSR count). The van der Waals surface area contributed by atoms with E-state index < -0.39 is 82.0 Å².